The number of nitrogens with zero attached hydrogens (tertiary/aromatic N) is 1. The predicted molar refractivity (Wildman–Crippen MR) is 87.4 cm³/mol. The number of rotatable bonds is 7. The van der Waals surface area contributed by atoms with Gasteiger partial charge in [0.2, 0.25) is 0 Å². The molecule has 0 saturated carbocycles. The third-order valence-electron chi connectivity index (χ3n) is 3.17. The Balaban J connectivity index is 2.10. The van der Waals surface area contributed by atoms with E-state index < -0.39 is 11.9 Å². The zero-order chi connectivity index (χ0) is 17.4. The van der Waals surface area contributed by atoms with Crippen molar-refractivity contribution in [2.75, 3.05) is 13.7 Å². The zero-order valence-electron chi connectivity index (χ0n) is 13.7. The van der Waals surface area contributed by atoms with Gasteiger partial charge in [-0.05, 0) is 30.7 Å². The third-order valence-corrected chi connectivity index (χ3v) is 3.17. The van der Waals surface area contributed by atoms with Crippen LogP contribution in [0.4, 0.5) is 0 Å². The van der Waals surface area contributed by atoms with Gasteiger partial charge in [0.25, 0.3) is 0 Å². The number of methoxy groups -OCH3 is 1. The molecule has 24 heavy (non-hydrogen) atoms. The fraction of sp³-hybridized carbons (Fsp3) is 0.278. The predicted octanol–water partition coefficient (Wildman–Crippen LogP) is 3.27. The van der Waals surface area contributed by atoms with Gasteiger partial charge in [-0.3, -0.25) is 0 Å². The first-order valence-corrected chi connectivity index (χ1v) is 7.65. The third kappa shape index (κ3) is 4.55. The van der Waals surface area contributed by atoms with Gasteiger partial charge < -0.3 is 14.2 Å². The van der Waals surface area contributed by atoms with Crippen molar-refractivity contribution in [1.82, 2.24) is 4.98 Å². The van der Waals surface area contributed by atoms with E-state index in [2.05, 4.69) is 4.98 Å². The molecule has 0 N–H and O–H groups in total. The van der Waals surface area contributed by atoms with Crippen LogP contribution in [0, 0.1) is 0 Å². The van der Waals surface area contributed by atoms with Crippen LogP contribution in [0.2, 0.25) is 0 Å². The van der Waals surface area contributed by atoms with E-state index in [1.807, 2.05) is 6.92 Å². The molecule has 6 nitrogen and oxygen atoms in total. The SMILES string of the molecule is CCCCOC(=O)c1cccc(C(=O)Oc2ccccc2OC)n1. The minimum absolute atomic E-state index is 0.0193. The Kier molecular flexibility index (Phi) is 6.31. The summed E-state index contributed by atoms with van der Waals surface area (Å²) in [5, 5.41) is 0. The first-order chi connectivity index (χ1) is 11.7. The molecule has 0 amide bonds. The largest absolute Gasteiger partial charge is 0.493 e. The van der Waals surface area contributed by atoms with Crippen LogP contribution < -0.4 is 9.47 Å². The van der Waals surface area contributed by atoms with E-state index in [0.29, 0.717) is 12.4 Å². The monoisotopic (exact) mass is 329 g/mol. The molecule has 0 spiro atoms. The van der Waals surface area contributed by atoms with Crippen molar-refractivity contribution in [2.24, 2.45) is 0 Å². The lowest BCUT2D eigenvalue weighted by Gasteiger charge is -2.09. The average molecular weight is 329 g/mol. The number of esters is 2. The second kappa shape index (κ2) is 8.67. The van der Waals surface area contributed by atoms with Crippen LogP contribution in [0.3, 0.4) is 0 Å². The summed E-state index contributed by atoms with van der Waals surface area (Å²) in [7, 11) is 1.48. The molecule has 0 atom stereocenters. The topological polar surface area (TPSA) is 74.7 Å². The lowest BCUT2D eigenvalue weighted by Crippen LogP contribution is -2.15. The van der Waals surface area contributed by atoms with Gasteiger partial charge in [-0.25, -0.2) is 14.6 Å². The number of carbonyl (C=O) groups excluding carboxylic acids is 2. The first-order valence-electron chi connectivity index (χ1n) is 7.65. The lowest BCUT2D eigenvalue weighted by molar-refractivity contribution is 0.0492. The van der Waals surface area contributed by atoms with Gasteiger partial charge in [0.1, 0.15) is 11.4 Å². The molecule has 0 fully saturated rings. The Hall–Kier alpha value is -2.89. The summed E-state index contributed by atoms with van der Waals surface area (Å²) in [6.07, 6.45) is 1.70. The van der Waals surface area contributed by atoms with E-state index in [1.165, 1.54) is 19.2 Å². The highest BCUT2D eigenvalue weighted by atomic mass is 16.6. The summed E-state index contributed by atoms with van der Waals surface area (Å²) in [6.45, 7) is 2.33. The smallest absolute Gasteiger partial charge is 0.362 e. The van der Waals surface area contributed by atoms with Gasteiger partial charge >= 0.3 is 11.9 Å². The number of aromatic nitrogens is 1. The van der Waals surface area contributed by atoms with Crippen molar-refractivity contribution in [1.29, 1.82) is 0 Å². The summed E-state index contributed by atoms with van der Waals surface area (Å²) in [5.41, 5.74) is 0.0893. The van der Waals surface area contributed by atoms with Crippen molar-refractivity contribution < 1.29 is 23.8 Å². The molecule has 0 aliphatic carbocycles. The molecule has 2 aromatic rings. The Morgan fingerprint density at radius 2 is 1.62 bits per heavy atom. The number of ether oxygens (including phenoxy) is 3. The van der Waals surface area contributed by atoms with Gasteiger partial charge in [0.05, 0.1) is 13.7 Å². The highest BCUT2D eigenvalue weighted by Gasteiger charge is 2.16. The van der Waals surface area contributed by atoms with E-state index in [-0.39, 0.29) is 17.1 Å². The number of hydrogen-bond donors (Lipinski definition) is 0. The molecule has 1 aromatic heterocycles. The number of pyridine rings is 1. The summed E-state index contributed by atoms with van der Waals surface area (Å²) in [5.74, 6) is -0.526. The van der Waals surface area contributed by atoms with E-state index in [0.717, 1.165) is 12.8 Å². The molecule has 2 rings (SSSR count). The highest BCUT2D eigenvalue weighted by Crippen LogP contribution is 2.26. The van der Waals surface area contributed by atoms with Gasteiger partial charge in [0.15, 0.2) is 11.5 Å². The average Bonchev–Trinajstić information content (AvgIpc) is 2.62. The first kappa shape index (κ1) is 17.5. The molecule has 6 heteroatoms. The van der Waals surface area contributed by atoms with Gasteiger partial charge in [-0.2, -0.15) is 0 Å². The molecular weight excluding hydrogens is 310 g/mol. The van der Waals surface area contributed by atoms with Crippen LogP contribution in [-0.2, 0) is 4.74 Å². The van der Waals surface area contributed by atoms with Crippen LogP contribution >= 0.6 is 0 Å². The second-order valence-electron chi connectivity index (χ2n) is 4.94. The van der Waals surface area contributed by atoms with Crippen molar-refractivity contribution >= 4 is 11.9 Å². The van der Waals surface area contributed by atoms with E-state index in [1.54, 1.807) is 30.3 Å². The van der Waals surface area contributed by atoms with Crippen molar-refractivity contribution in [3.8, 4) is 11.5 Å². The quantitative estimate of drug-likeness (QED) is 0.441. The van der Waals surface area contributed by atoms with Crippen LogP contribution in [-0.4, -0.2) is 30.6 Å². The van der Waals surface area contributed by atoms with E-state index >= 15 is 0 Å². The molecule has 0 aliphatic rings. The summed E-state index contributed by atoms with van der Waals surface area (Å²) in [4.78, 5) is 28.1. The Morgan fingerprint density at radius 1 is 0.958 bits per heavy atom. The molecule has 1 aromatic carbocycles. The van der Waals surface area contributed by atoms with Crippen LogP contribution in [0.1, 0.15) is 40.7 Å². The summed E-state index contributed by atoms with van der Waals surface area (Å²) >= 11 is 0. The van der Waals surface area contributed by atoms with Crippen molar-refractivity contribution in [3.05, 3.63) is 53.9 Å². The molecule has 1 heterocycles. The van der Waals surface area contributed by atoms with E-state index in [4.69, 9.17) is 14.2 Å². The molecule has 0 aliphatic heterocycles. The lowest BCUT2D eigenvalue weighted by atomic mass is 10.3. The van der Waals surface area contributed by atoms with Gasteiger partial charge in [-0.1, -0.05) is 31.5 Å². The maximum Gasteiger partial charge on any atom is 0.362 e. The molecule has 0 bridgehead atoms. The number of benzene rings is 1. The summed E-state index contributed by atoms with van der Waals surface area (Å²) in [6, 6.07) is 11.3. The van der Waals surface area contributed by atoms with E-state index in [9.17, 15) is 9.59 Å². The van der Waals surface area contributed by atoms with Gasteiger partial charge in [-0.15, -0.1) is 0 Å². The molecule has 0 radical (unpaired) electrons. The number of para-hydroxylation sites is 2. The molecule has 126 valence electrons. The number of unbranched alkanes of at least 4 members (excludes halogenated alkanes) is 1. The van der Waals surface area contributed by atoms with Crippen molar-refractivity contribution in [2.45, 2.75) is 19.8 Å². The number of hydrogen-bond acceptors (Lipinski definition) is 6. The molecular formula is C18H19NO5. The fourth-order valence-corrected chi connectivity index (χ4v) is 1.90. The fourth-order valence-electron chi connectivity index (χ4n) is 1.90. The Bertz CT molecular complexity index is 714. The Labute approximate surface area is 140 Å². The zero-order valence-corrected chi connectivity index (χ0v) is 13.7. The minimum atomic E-state index is -0.678. The highest BCUT2D eigenvalue weighted by molar-refractivity contribution is 5.92. The van der Waals surface area contributed by atoms with Crippen LogP contribution in [0.15, 0.2) is 42.5 Å². The van der Waals surface area contributed by atoms with Gasteiger partial charge in [0, 0.05) is 0 Å². The molecule has 0 saturated heterocycles. The normalized spacial score (nSPS) is 10.1. The maximum atomic E-state index is 12.2. The van der Waals surface area contributed by atoms with Crippen molar-refractivity contribution in [3.63, 3.8) is 0 Å². The standard InChI is InChI=1S/C18H19NO5/c1-3-4-12-23-17(20)13-8-7-9-14(19-13)18(21)24-16-11-6-5-10-15(16)22-2/h5-11H,3-4,12H2,1-2H3. The molecule has 0 unspecified atom stereocenters. The maximum absolute atomic E-state index is 12.2. The second-order valence-corrected chi connectivity index (χ2v) is 4.94. The number of carbonyl (C=O) groups is 2. The van der Waals surface area contributed by atoms with Crippen LogP contribution in [0.5, 0.6) is 11.5 Å². The minimum Gasteiger partial charge on any atom is -0.493 e. The Morgan fingerprint density at radius 3 is 2.29 bits per heavy atom. The summed E-state index contributed by atoms with van der Waals surface area (Å²) < 4.78 is 15.5. The van der Waals surface area contributed by atoms with Crippen LogP contribution in [0.25, 0.3) is 0 Å².